The van der Waals surface area contributed by atoms with E-state index in [2.05, 4.69) is 0 Å². The minimum atomic E-state index is -0.424. The zero-order chi connectivity index (χ0) is 8.85. The number of carbonyl (C=O) groups is 2. The summed E-state index contributed by atoms with van der Waals surface area (Å²) in [5.74, 6) is -0.579. The Morgan fingerprint density at radius 1 is 1.31 bits per heavy atom. The Labute approximate surface area is 81.5 Å². The average Bonchev–Trinajstić information content (AvgIpc) is 1.85. The van der Waals surface area contributed by atoms with E-state index < -0.39 is 5.97 Å². The molecule has 0 heterocycles. The molecular formula is C10H22O3. The summed E-state index contributed by atoms with van der Waals surface area (Å²) in [7, 11) is 0. The van der Waals surface area contributed by atoms with Gasteiger partial charge < -0.3 is 4.74 Å². The predicted molar refractivity (Wildman–Crippen MR) is 54.6 cm³/mol. The van der Waals surface area contributed by atoms with Crippen molar-refractivity contribution in [2.45, 2.75) is 54.6 Å². The largest absolute Gasteiger partial charge is 0.462 e. The molecule has 13 heavy (non-hydrogen) atoms. The third-order valence-electron chi connectivity index (χ3n) is 1.30. The van der Waals surface area contributed by atoms with Gasteiger partial charge in [0.2, 0.25) is 0 Å². The van der Waals surface area contributed by atoms with Crippen LogP contribution in [0.2, 0.25) is 0 Å². The summed E-state index contributed by atoms with van der Waals surface area (Å²) in [6.07, 6.45) is 0.593. The number of Topliss-reactive ketones (excluding diaryl/α,β-unsaturated/α-hetero) is 1. The van der Waals surface area contributed by atoms with E-state index in [0.29, 0.717) is 0 Å². The van der Waals surface area contributed by atoms with Gasteiger partial charge in [0, 0.05) is 0 Å². The summed E-state index contributed by atoms with van der Waals surface area (Å²) in [4.78, 5) is 21.2. The zero-order valence-corrected chi connectivity index (χ0v) is 7.22. The fourth-order valence-electron chi connectivity index (χ4n) is 0.553. The molecule has 1 atom stereocenters. The molecule has 3 nitrogen and oxygen atoms in total. The van der Waals surface area contributed by atoms with Crippen LogP contribution in [-0.4, -0.2) is 17.9 Å². The molecule has 0 N–H and O–H groups in total. The molecule has 80 valence electrons. The van der Waals surface area contributed by atoms with Crippen molar-refractivity contribution in [3.63, 3.8) is 0 Å². The molecule has 0 fully saturated rings. The molecule has 0 aliphatic carbocycles. The number of esters is 1. The monoisotopic (exact) mass is 190 g/mol. The van der Waals surface area contributed by atoms with Crippen LogP contribution in [0.4, 0.5) is 0 Å². The second kappa shape index (κ2) is 9.23. The fraction of sp³-hybridized carbons (Fsp3) is 0.800. The summed E-state index contributed by atoms with van der Waals surface area (Å²) in [5, 5.41) is 0. The lowest BCUT2D eigenvalue weighted by Crippen LogP contribution is -2.15. The first kappa shape index (κ1) is 18.0. The summed E-state index contributed by atoms with van der Waals surface area (Å²) in [5.41, 5.74) is 0. The maximum absolute atomic E-state index is 10.8. The van der Waals surface area contributed by atoms with Gasteiger partial charge in [-0.3, -0.25) is 9.59 Å². The highest BCUT2D eigenvalue weighted by molar-refractivity contribution is 5.94. The Kier molecular flexibility index (Phi) is 12.8. The summed E-state index contributed by atoms with van der Waals surface area (Å²) >= 11 is 0. The number of rotatable bonds is 4. The van der Waals surface area contributed by atoms with Crippen LogP contribution in [0.3, 0.4) is 0 Å². The molecular weight excluding hydrogens is 168 g/mol. The maximum Gasteiger partial charge on any atom is 0.313 e. The molecule has 3 heteroatoms. The third kappa shape index (κ3) is 11.1. The van der Waals surface area contributed by atoms with Gasteiger partial charge in [0.25, 0.3) is 0 Å². The predicted octanol–water partition coefficient (Wildman–Crippen LogP) is 2.58. The highest BCUT2D eigenvalue weighted by Crippen LogP contribution is 1.98. The minimum Gasteiger partial charge on any atom is -0.462 e. The van der Waals surface area contributed by atoms with Gasteiger partial charge in [-0.15, -0.1) is 0 Å². The van der Waals surface area contributed by atoms with E-state index in [1.165, 1.54) is 6.92 Å². The van der Waals surface area contributed by atoms with Gasteiger partial charge in [0.1, 0.15) is 12.2 Å². The first-order valence-corrected chi connectivity index (χ1v) is 3.75. The van der Waals surface area contributed by atoms with E-state index in [4.69, 9.17) is 4.74 Å². The zero-order valence-electron chi connectivity index (χ0n) is 7.22. The minimum absolute atomic E-state index is 0. The van der Waals surface area contributed by atoms with E-state index in [1.807, 2.05) is 6.92 Å². The number of ketones is 1. The van der Waals surface area contributed by atoms with E-state index in [9.17, 15) is 9.59 Å². The molecule has 0 saturated carbocycles. The standard InChI is InChI=1S/C8H14O3.2CH4/c1-4-7(3)11-8(10)5-6(2)9;;/h7H,4-5H2,1-3H3;2*1H4. The summed E-state index contributed by atoms with van der Waals surface area (Å²) in [6, 6.07) is 0. The molecule has 0 radical (unpaired) electrons. The van der Waals surface area contributed by atoms with Gasteiger partial charge in [-0.25, -0.2) is 0 Å². The summed E-state index contributed by atoms with van der Waals surface area (Å²) in [6.45, 7) is 5.10. The average molecular weight is 190 g/mol. The van der Waals surface area contributed by atoms with Crippen molar-refractivity contribution in [3.8, 4) is 0 Å². The van der Waals surface area contributed by atoms with Crippen LogP contribution in [0.15, 0.2) is 0 Å². The number of hydrogen-bond acceptors (Lipinski definition) is 3. The van der Waals surface area contributed by atoms with Crippen molar-refractivity contribution in [1.29, 1.82) is 0 Å². The summed E-state index contributed by atoms with van der Waals surface area (Å²) < 4.78 is 4.85. The molecule has 0 amide bonds. The molecule has 0 saturated heterocycles. The molecule has 0 aromatic rings. The highest BCUT2D eigenvalue weighted by atomic mass is 16.5. The molecule has 0 aromatic heterocycles. The molecule has 0 aliphatic rings. The highest BCUT2D eigenvalue weighted by Gasteiger charge is 2.09. The van der Waals surface area contributed by atoms with E-state index in [0.717, 1.165) is 6.42 Å². The number of hydrogen-bond donors (Lipinski definition) is 0. The number of ether oxygens (including phenoxy) is 1. The van der Waals surface area contributed by atoms with Crippen LogP contribution in [0.5, 0.6) is 0 Å². The van der Waals surface area contributed by atoms with E-state index in [1.54, 1.807) is 6.92 Å². The topological polar surface area (TPSA) is 43.4 Å². The smallest absolute Gasteiger partial charge is 0.313 e. The lowest BCUT2D eigenvalue weighted by Gasteiger charge is -2.08. The SMILES string of the molecule is C.C.CCC(C)OC(=O)CC(C)=O. The Hall–Kier alpha value is -0.860. The van der Waals surface area contributed by atoms with Gasteiger partial charge in [0.05, 0.1) is 6.10 Å². The van der Waals surface area contributed by atoms with Crippen LogP contribution in [0, 0.1) is 0 Å². The van der Waals surface area contributed by atoms with Crippen molar-refractivity contribution in [3.05, 3.63) is 0 Å². The molecule has 1 unspecified atom stereocenters. The first-order valence-electron chi connectivity index (χ1n) is 3.75. The normalized spacial score (nSPS) is 10.4. The van der Waals surface area contributed by atoms with Gasteiger partial charge >= 0.3 is 5.97 Å². The van der Waals surface area contributed by atoms with Crippen molar-refractivity contribution in [2.75, 3.05) is 0 Å². The molecule has 0 spiro atoms. The van der Waals surface area contributed by atoms with Crippen LogP contribution < -0.4 is 0 Å². The first-order chi connectivity index (χ1) is 5.06. The van der Waals surface area contributed by atoms with E-state index in [-0.39, 0.29) is 33.2 Å². The molecule has 0 aliphatic heterocycles. The molecule has 0 rings (SSSR count). The van der Waals surface area contributed by atoms with Crippen LogP contribution >= 0.6 is 0 Å². The second-order valence-electron chi connectivity index (χ2n) is 2.59. The maximum atomic E-state index is 10.8. The van der Waals surface area contributed by atoms with Crippen LogP contribution in [0.25, 0.3) is 0 Å². The van der Waals surface area contributed by atoms with Crippen molar-refractivity contribution < 1.29 is 14.3 Å². The quantitative estimate of drug-likeness (QED) is 0.505. The Morgan fingerprint density at radius 3 is 2.08 bits per heavy atom. The lowest BCUT2D eigenvalue weighted by molar-refractivity contribution is -0.149. The second-order valence-corrected chi connectivity index (χ2v) is 2.59. The van der Waals surface area contributed by atoms with Crippen LogP contribution in [-0.2, 0) is 14.3 Å². The van der Waals surface area contributed by atoms with Gasteiger partial charge in [-0.1, -0.05) is 21.8 Å². The van der Waals surface area contributed by atoms with Gasteiger partial charge in [-0.05, 0) is 20.3 Å². The van der Waals surface area contributed by atoms with E-state index >= 15 is 0 Å². The Bertz CT molecular complexity index is 152. The third-order valence-corrected chi connectivity index (χ3v) is 1.30. The molecule has 0 aromatic carbocycles. The Morgan fingerprint density at radius 2 is 1.77 bits per heavy atom. The van der Waals surface area contributed by atoms with Gasteiger partial charge in [-0.2, -0.15) is 0 Å². The van der Waals surface area contributed by atoms with Gasteiger partial charge in [0.15, 0.2) is 0 Å². The fourth-order valence-corrected chi connectivity index (χ4v) is 0.553. The van der Waals surface area contributed by atoms with Crippen molar-refractivity contribution >= 4 is 11.8 Å². The lowest BCUT2D eigenvalue weighted by atomic mass is 10.3. The van der Waals surface area contributed by atoms with Crippen molar-refractivity contribution in [2.24, 2.45) is 0 Å². The molecule has 0 bridgehead atoms. The number of carbonyl (C=O) groups excluding carboxylic acids is 2. The van der Waals surface area contributed by atoms with Crippen LogP contribution in [0.1, 0.15) is 48.5 Å². The Balaban J connectivity index is -0.000000500. The van der Waals surface area contributed by atoms with Crippen molar-refractivity contribution in [1.82, 2.24) is 0 Å².